The van der Waals surface area contributed by atoms with Crippen LogP contribution in [0, 0.1) is 5.92 Å². The molecule has 0 saturated heterocycles. The van der Waals surface area contributed by atoms with E-state index in [1.54, 1.807) is 0 Å². The van der Waals surface area contributed by atoms with Crippen molar-refractivity contribution in [1.29, 1.82) is 0 Å². The van der Waals surface area contributed by atoms with E-state index < -0.39 is 5.54 Å². The molecule has 16 heavy (non-hydrogen) atoms. The standard InChI is InChI=1S/C13H26N2O/c1-4-13(3,14)12(16)15-11-9-7-5-6-8-10(11)2/h10-11H,4-9,14H2,1-3H3,(H,15,16). The molecule has 0 aromatic heterocycles. The van der Waals surface area contributed by atoms with Gasteiger partial charge < -0.3 is 11.1 Å². The molecule has 1 fully saturated rings. The maximum Gasteiger partial charge on any atom is 0.240 e. The summed E-state index contributed by atoms with van der Waals surface area (Å²) in [5.41, 5.74) is 5.23. The summed E-state index contributed by atoms with van der Waals surface area (Å²) in [6.07, 6.45) is 6.82. The van der Waals surface area contributed by atoms with Crippen LogP contribution in [-0.4, -0.2) is 17.5 Å². The molecule has 3 unspecified atom stereocenters. The number of carbonyl (C=O) groups is 1. The molecule has 3 heteroatoms. The predicted molar refractivity (Wildman–Crippen MR) is 67.1 cm³/mol. The first-order valence-corrected chi connectivity index (χ1v) is 6.57. The van der Waals surface area contributed by atoms with Crippen molar-refractivity contribution in [3.63, 3.8) is 0 Å². The number of hydrogen-bond donors (Lipinski definition) is 2. The maximum atomic E-state index is 12.0. The maximum absolute atomic E-state index is 12.0. The highest BCUT2D eigenvalue weighted by atomic mass is 16.2. The Balaban J connectivity index is 2.54. The highest BCUT2D eigenvalue weighted by Gasteiger charge is 2.30. The first-order chi connectivity index (χ1) is 7.47. The van der Waals surface area contributed by atoms with Gasteiger partial charge in [-0.1, -0.05) is 33.1 Å². The third-order valence-electron chi connectivity index (χ3n) is 3.93. The molecule has 1 rings (SSSR count). The van der Waals surface area contributed by atoms with Crippen molar-refractivity contribution in [2.75, 3.05) is 0 Å². The first kappa shape index (κ1) is 13.5. The number of rotatable bonds is 3. The van der Waals surface area contributed by atoms with Crippen LogP contribution in [-0.2, 0) is 4.79 Å². The third kappa shape index (κ3) is 3.48. The molecule has 3 atom stereocenters. The molecule has 3 nitrogen and oxygen atoms in total. The van der Waals surface area contributed by atoms with E-state index >= 15 is 0 Å². The van der Waals surface area contributed by atoms with Crippen molar-refractivity contribution in [2.45, 2.75) is 70.9 Å². The Kier molecular flexibility index (Phi) is 4.78. The molecule has 1 saturated carbocycles. The Hall–Kier alpha value is -0.570. The van der Waals surface area contributed by atoms with Gasteiger partial charge in [-0.25, -0.2) is 0 Å². The monoisotopic (exact) mass is 226 g/mol. The lowest BCUT2D eigenvalue weighted by Crippen LogP contribution is -2.54. The Morgan fingerprint density at radius 1 is 1.38 bits per heavy atom. The molecular formula is C13H26N2O. The van der Waals surface area contributed by atoms with E-state index in [2.05, 4.69) is 12.2 Å². The van der Waals surface area contributed by atoms with Gasteiger partial charge in [-0.2, -0.15) is 0 Å². The number of nitrogens with one attached hydrogen (secondary N) is 1. The molecule has 0 bridgehead atoms. The van der Waals surface area contributed by atoms with E-state index in [0.717, 1.165) is 6.42 Å². The number of amides is 1. The van der Waals surface area contributed by atoms with E-state index in [9.17, 15) is 4.79 Å². The van der Waals surface area contributed by atoms with Gasteiger partial charge in [0.15, 0.2) is 0 Å². The molecule has 0 aromatic carbocycles. The highest BCUT2D eigenvalue weighted by molar-refractivity contribution is 5.85. The van der Waals surface area contributed by atoms with E-state index in [0.29, 0.717) is 18.4 Å². The van der Waals surface area contributed by atoms with Gasteiger partial charge in [0.2, 0.25) is 5.91 Å². The minimum Gasteiger partial charge on any atom is -0.352 e. The fourth-order valence-corrected chi connectivity index (χ4v) is 2.20. The zero-order valence-corrected chi connectivity index (χ0v) is 10.9. The number of hydrogen-bond acceptors (Lipinski definition) is 2. The SMILES string of the molecule is CCC(C)(N)C(=O)NC1CCCCCC1C. The Morgan fingerprint density at radius 2 is 2.00 bits per heavy atom. The first-order valence-electron chi connectivity index (χ1n) is 6.57. The van der Waals surface area contributed by atoms with Gasteiger partial charge in [0.1, 0.15) is 0 Å². The predicted octanol–water partition coefficient (Wildman–Crippen LogP) is 2.20. The Morgan fingerprint density at radius 3 is 2.62 bits per heavy atom. The molecular weight excluding hydrogens is 200 g/mol. The van der Waals surface area contributed by atoms with Gasteiger partial charge in [0.05, 0.1) is 5.54 Å². The van der Waals surface area contributed by atoms with Crippen molar-refractivity contribution < 1.29 is 4.79 Å². The average Bonchev–Trinajstić information content (AvgIpc) is 2.44. The van der Waals surface area contributed by atoms with Crippen molar-refractivity contribution in [3.8, 4) is 0 Å². The largest absolute Gasteiger partial charge is 0.352 e. The van der Waals surface area contributed by atoms with Crippen molar-refractivity contribution in [1.82, 2.24) is 5.32 Å². The molecule has 0 heterocycles. The fourth-order valence-electron chi connectivity index (χ4n) is 2.20. The molecule has 94 valence electrons. The van der Waals surface area contributed by atoms with Gasteiger partial charge >= 0.3 is 0 Å². The molecule has 0 aromatic rings. The Labute approximate surface area is 99.2 Å². The van der Waals surface area contributed by atoms with Gasteiger partial charge in [0.25, 0.3) is 0 Å². The lowest BCUT2D eigenvalue weighted by atomic mass is 9.94. The zero-order valence-electron chi connectivity index (χ0n) is 10.9. The lowest BCUT2D eigenvalue weighted by molar-refractivity contribution is -0.127. The van der Waals surface area contributed by atoms with Crippen molar-refractivity contribution >= 4 is 5.91 Å². The molecule has 1 aliphatic rings. The molecule has 0 radical (unpaired) electrons. The van der Waals surface area contributed by atoms with Crippen LogP contribution in [0.2, 0.25) is 0 Å². The summed E-state index contributed by atoms with van der Waals surface area (Å²) in [5.74, 6) is 0.591. The van der Waals surface area contributed by atoms with Crippen LogP contribution in [0.3, 0.4) is 0 Å². The average molecular weight is 226 g/mol. The van der Waals surface area contributed by atoms with Crippen LogP contribution < -0.4 is 11.1 Å². The molecule has 3 N–H and O–H groups in total. The molecule has 0 aliphatic heterocycles. The summed E-state index contributed by atoms with van der Waals surface area (Å²) in [7, 11) is 0. The molecule has 1 amide bonds. The minimum absolute atomic E-state index is 0.00810. The minimum atomic E-state index is -0.716. The normalized spacial score (nSPS) is 30.2. The van der Waals surface area contributed by atoms with Gasteiger partial charge in [-0.15, -0.1) is 0 Å². The van der Waals surface area contributed by atoms with Gasteiger partial charge in [-0.3, -0.25) is 4.79 Å². The highest BCUT2D eigenvalue weighted by Crippen LogP contribution is 2.23. The number of carbonyl (C=O) groups excluding carboxylic acids is 1. The summed E-state index contributed by atoms with van der Waals surface area (Å²) in [6, 6.07) is 0.324. The summed E-state index contributed by atoms with van der Waals surface area (Å²) < 4.78 is 0. The van der Waals surface area contributed by atoms with E-state index in [1.165, 1.54) is 25.7 Å². The third-order valence-corrected chi connectivity index (χ3v) is 3.93. The smallest absolute Gasteiger partial charge is 0.240 e. The van der Waals surface area contributed by atoms with Crippen molar-refractivity contribution in [2.24, 2.45) is 11.7 Å². The van der Waals surface area contributed by atoms with Crippen LogP contribution in [0.5, 0.6) is 0 Å². The molecule has 0 spiro atoms. The van der Waals surface area contributed by atoms with Crippen LogP contribution >= 0.6 is 0 Å². The van der Waals surface area contributed by atoms with Crippen LogP contribution in [0.15, 0.2) is 0 Å². The summed E-state index contributed by atoms with van der Waals surface area (Å²) in [5, 5.41) is 3.14. The zero-order chi connectivity index (χ0) is 12.2. The summed E-state index contributed by atoms with van der Waals surface area (Å²) >= 11 is 0. The quantitative estimate of drug-likeness (QED) is 0.725. The van der Waals surface area contributed by atoms with Gasteiger partial charge in [0, 0.05) is 6.04 Å². The van der Waals surface area contributed by atoms with Crippen LogP contribution in [0.4, 0.5) is 0 Å². The van der Waals surface area contributed by atoms with E-state index in [-0.39, 0.29) is 5.91 Å². The second kappa shape index (κ2) is 5.67. The summed E-state index contributed by atoms with van der Waals surface area (Å²) in [4.78, 5) is 12.0. The van der Waals surface area contributed by atoms with Gasteiger partial charge in [-0.05, 0) is 32.1 Å². The van der Waals surface area contributed by atoms with E-state index in [1.807, 2.05) is 13.8 Å². The topological polar surface area (TPSA) is 55.1 Å². The fraction of sp³-hybridized carbons (Fsp3) is 0.923. The van der Waals surface area contributed by atoms with Crippen molar-refractivity contribution in [3.05, 3.63) is 0 Å². The second-order valence-corrected chi connectivity index (χ2v) is 5.47. The Bertz CT molecular complexity index is 238. The summed E-state index contributed by atoms with van der Waals surface area (Å²) in [6.45, 7) is 6.00. The second-order valence-electron chi connectivity index (χ2n) is 5.47. The molecule has 1 aliphatic carbocycles. The van der Waals surface area contributed by atoms with Crippen LogP contribution in [0.1, 0.15) is 59.3 Å². The number of nitrogens with two attached hydrogens (primary N) is 1. The van der Waals surface area contributed by atoms with E-state index in [4.69, 9.17) is 5.73 Å². The van der Waals surface area contributed by atoms with Crippen LogP contribution in [0.25, 0.3) is 0 Å². The lowest BCUT2D eigenvalue weighted by Gasteiger charge is -2.28.